The highest BCUT2D eigenvalue weighted by Crippen LogP contribution is 2.10. The van der Waals surface area contributed by atoms with Crippen molar-refractivity contribution in [2.24, 2.45) is 0 Å². The summed E-state index contributed by atoms with van der Waals surface area (Å²) >= 11 is 1.42. The van der Waals surface area contributed by atoms with Gasteiger partial charge in [0.25, 0.3) is 5.56 Å². The van der Waals surface area contributed by atoms with Gasteiger partial charge in [0.15, 0.2) is 0 Å². The van der Waals surface area contributed by atoms with Crippen molar-refractivity contribution in [2.75, 3.05) is 0 Å². The molecule has 2 aromatic heterocycles. The average molecular weight is 288 g/mol. The molecule has 0 fully saturated rings. The van der Waals surface area contributed by atoms with Gasteiger partial charge in [0.05, 0.1) is 17.4 Å². The van der Waals surface area contributed by atoms with Gasteiger partial charge in [-0.25, -0.2) is 4.79 Å². The molecule has 3 rings (SSSR count). The Hall–Kier alpha value is -2.28. The highest BCUT2D eigenvalue weighted by molar-refractivity contribution is 7.11. The van der Waals surface area contributed by atoms with E-state index in [-0.39, 0.29) is 12.1 Å². The van der Waals surface area contributed by atoms with Gasteiger partial charge in [0.1, 0.15) is 10.0 Å². The third-order valence-corrected chi connectivity index (χ3v) is 4.05. The first kappa shape index (κ1) is 12.7. The first-order valence-electron chi connectivity index (χ1n) is 6.22. The van der Waals surface area contributed by atoms with Crippen molar-refractivity contribution in [3.8, 4) is 0 Å². The van der Waals surface area contributed by atoms with E-state index in [1.165, 1.54) is 11.3 Å². The molecule has 0 saturated carbocycles. The van der Waals surface area contributed by atoms with Crippen LogP contribution in [0, 0.1) is 0 Å². The molecular formula is C13H12N4O2S. The van der Waals surface area contributed by atoms with Crippen molar-refractivity contribution in [2.45, 2.75) is 19.9 Å². The Morgan fingerprint density at radius 3 is 2.70 bits per heavy atom. The van der Waals surface area contributed by atoms with Crippen LogP contribution < -0.4 is 11.2 Å². The zero-order chi connectivity index (χ0) is 14.1. The maximum absolute atomic E-state index is 12.3. The Balaban J connectivity index is 2.11. The average Bonchev–Trinajstić information content (AvgIpc) is 2.91. The van der Waals surface area contributed by atoms with E-state index in [4.69, 9.17) is 0 Å². The molecule has 0 saturated heterocycles. The number of hydrogen-bond acceptors (Lipinski definition) is 5. The van der Waals surface area contributed by atoms with Crippen molar-refractivity contribution >= 4 is 22.2 Å². The molecule has 0 bridgehead atoms. The summed E-state index contributed by atoms with van der Waals surface area (Å²) in [7, 11) is 0. The smallest absolute Gasteiger partial charge is 0.307 e. The Bertz CT molecular complexity index is 878. The van der Waals surface area contributed by atoms with E-state index in [0.717, 1.165) is 16.0 Å². The van der Waals surface area contributed by atoms with Crippen LogP contribution >= 0.6 is 11.3 Å². The van der Waals surface area contributed by atoms with Crippen LogP contribution in [0.25, 0.3) is 10.9 Å². The number of para-hydroxylation sites is 1. The molecule has 7 heteroatoms. The third-order valence-electron chi connectivity index (χ3n) is 2.99. The maximum atomic E-state index is 12.3. The predicted molar refractivity (Wildman–Crippen MR) is 77.2 cm³/mol. The lowest BCUT2D eigenvalue weighted by Gasteiger charge is -2.03. The van der Waals surface area contributed by atoms with Gasteiger partial charge in [-0.2, -0.15) is 0 Å². The molecule has 0 atom stereocenters. The van der Waals surface area contributed by atoms with Gasteiger partial charge in [0, 0.05) is 0 Å². The molecule has 20 heavy (non-hydrogen) atoms. The number of aromatic nitrogens is 4. The number of rotatable bonds is 3. The standard InChI is InChI=1S/C13H12N4O2S/c1-2-10-15-16-11(20-10)7-17-12(18)8-5-3-4-6-9(8)14-13(17)19/h3-6H,2,7H2,1H3,(H,14,19). The minimum atomic E-state index is -0.429. The second-order valence-electron chi connectivity index (χ2n) is 4.31. The molecule has 102 valence electrons. The van der Waals surface area contributed by atoms with Crippen LogP contribution in [-0.2, 0) is 13.0 Å². The number of aryl methyl sites for hydroxylation is 1. The normalized spacial score (nSPS) is 11.1. The van der Waals surface area contributed by atoms with Crippen LogP contribution in [0.3, 0.4) is 0 Å². The van der Waals surface area contributed by atoms with E-state index in [0.29, 0.717) is 15.9 Å². The minimum Gasteiger partial charge on any atom is -0.307 e. The number of H-pyrrole nitrogens is 1. The fourth-order valence-electron chi connectivity index (χ4n) is 1.97. The summed E-state index contributed by atoms with van der Waals surface area (Å²) in [5.41, 5.74) is -0.190. The zero-order valence-corrected chi connectivity index (χ0v) is 11.6. The lowest BCUT2D eigenvalue weighted by atomic mass is 10.2. The largest absolute Gasteiger partial charge is 0.329 e. The highest BCUT2D eigenvalue weighted by atomic mass is 32.1. The molecule has 1 N–H and O–H groups in total. The second kappa shape index (κ2) is 5.01. The van der Waals surface area contributed by atoms with Crippen LogP contribution in [-0.4, -0.2) is 19.7 Å². The fraction of sp³-hybridized carbons (Fsp3) is 0.231. The highest BCUT2D eigenvalue weighted by Gasteiger charge is 2.10. The maximum Gasteiger partial charge on any atom is 0.329 e. The summed E-state index contributed by atoms with van der Waals surface area (Å²) in [6.45, 7) is 2.13. The Morgan fingerprint density at radius 2 is 1.95 bits per heavy atom. The number of nitrogens with zero attached hydrogens (tertiary/aromatic N) is 3. The molecule has 6 nitrogen and oxygen atoms in total. The van der Waals surface area contributed by atoms with Crippen LogP contribution in [0.15, 0.2) is 33.9 Å². The third kappa shape index (κ3) is 2.16. The first-order valence-corrected chi connectivity index (χ1v) is 7.04. The van der Waals surface area contributed by atoms with E-state index < -0.39 is 5.69 Å². The predicted octanol–water partition coefficient (Wildman–Crippen LogP) is 1.15. The summed E-state index contributed by atoms with van der Waals surface area (Å²) in [6.07, 6.45) is 0.792. The molecule has 0 spiro atoms. The van der Waals surface area contributed by atoms with Gasteiger partial charge in [-0.15, -0.1) is 10.2 Å². The molecule has 1 aromatic carbocycles. The fourth-order valence-corrected chi connectivity index (χ4v) is 2.75. The van der Waals surface area contributed by atoms with Gasteiger partial charge in [-0.05, 0) is 18.6 Å². The van der Waals surface area contributed by atoms with Gasteiger partial charge in [-0.1, -0.05) is 30.4 Å². The van der Waals surface area contributed by atoms with Crippen molar-refractivity contribution in [1.82, 2.24) is 19.7 Å². The van der Waals surface area contributed by atoms with Crippen LogP contribution in [0.2, 0.25) is 0 Å². The van der Waals surface area contributed by atoms with Crippen molar-refractivity contribution in [3.63, 3.8) is 0 Å². The quantitative estimate of drug-likeness (QED) is 0.784. The minimum absolute atomic E-state index is 0.149. The Kier molecular flexibility index (Phi) is 3.19. The molecule has 0 amide bonds. The molecule has 2 heterocycles. The number of fused-ring (bicyclic) bond motifs is 1. The summed E-state index contributed by atoms with van der Waals surface area (Å²) in [6, 6.07) is 6.96. The lowest BCUT2D eigenvalue weighted by Crippen LogP contribution is -2.35. The van der Waals surface area contributed by atoms with Crippen molar-refractivity contribution < 1.29 is 0 Å². The summed E-state index contributed by atoms with van der Waals surface area (Å²) < 4.78 is 1.16. The monoisotopic (exact) mass is 288 g/mol. The van der Waals surface area contributed by atoms with E-state index in [1.54, 1.807) is 24.3 Å². The van der Waals surface area contributed by atoms with E-state index >= 15 is 0 Å². The van der Waals surface area contributed by atoms with Gasteiger partial charge < -0.3 is 4.98 Å². The zero-order valence-electron chi connectivity index (χ0n) is 10.8. The van der Waals surface area contributed by atoms with Gasteiger partial charge in [0.2, 0.25) is 0 Å². The second-order valence-corrected chi connectivity index (χ2v) is 5.46. The Morgan fingerprint density at radius 1 is 1.20 bits per heavy atom. The van der Waals surface area contributed by atoms with Crippen molar-refractivity contribution in [1.29, 1.82) is 0 Å². The van der Waals surface area contributed by atoms with Gasteiger partial charge in [-0.3, -0.25) is 9.36 Å². The molecule has 0 aliphatic rings. The van der Waals surface area contributed by atoms with Crippen LogP contribution in [0.4, 0.5) is 0 Å². The van der Waals surface area contributed by atoms with Gasteiger partial charge >= 0.3 is 5.69 Å². The number of benzene rings is 1. The van der Waals surface area contributed by atoms with Crippen LogP contribution in [0.1, 0.15) is 16.9 Å². The summed E-state index contributed by atoms with van der Waals surface area (Å²) in [5.74, 6) is 0. The summed E-state index contributed by atoms with van der Waals surface area (Å²) in [5, 5.41) is 10.0. The molecule has 0 unspecified atom stereocenters. The number of aromatic amines is 1. The molecule has 0 radical (unpaired) electrons. The van der Waals surface area contributed by atoms with E-state index in [9.17, 15) is 9.59 Å². The SMILES string of the molecule is CCc1nnc(Cn2c(=O)[nH]c3ccccc3c2=O)s1. The molecule has 0 aliphatic heterocycles. The Labute approximate surface area is 117 Å². The van der Waals surface area contributed by atoms with Crippen molar-refractivity contribution in [3.05, 3.63) is 55.1 Å². The van der Waals surface area contributed by atoms with E-state index in [1.807, 2.05) is 6.92 Å². The molecule has 3 aromatic rings. The lowest BCUT2D eigenvalue weighted by molar-refractivity contribution is 0.700. The van der Waals surface area contributed by atoms with Crippen LogP contribution in [0.5, 0.6) is 0 Å². The number of nitrogens with one attached hydrogen (secondary N) is 1. The topological polar surface area (TPSA) is 80.6 Å². The molecular weight excluding hydrogens is 276 g/mol. The molecule has 0 aliphatic carbocycles. The first-order chi connectivity index (χ1) is 9.69. The number of hydrogen-bond donors (Lipinski definition) is 1. The summed E-state index contributed by atoms with van der Waals surface area (Å²) in [4.78, 5) is 27.0. The van der Waals surface area contributed by atoms with E-state index in [2.05, 4.69) is 15.2 Å².